The zero-order valence-electron chi connectivity index (χ0n) is 12.4. The highest BCUT2D eigenvalue weighted by molar-refractivity contribution is 6.28. The largest absolute Gasteiger partial charge is 0.433 e. The molecular weight excluding hydrogens is 371 g/mol. The highest BCUT2D eigenvalue weighted by Gasteiger charge is 2.39. The van der Waals surface area contributed by atoms with Crippen molar-refractivity contribution in [2.45, 2.75) is 18.5 Å². The third-order valence-electron chi connectivity index (χ3n) is 3.36. The van der Waals surface area contributed by atoms with Crippen LogP contribution in [-0.2, 0) is 6.18 Å². The fourth-order valence-corrected chi connectivity index (χ4v) is 2.39. The number of hydrogen-bond acceptors (Lipinski definition) is 6. The van der Waals surface area contributed by atoms with E-state index in [0.29, 0.717) is 0 Å². The Morgan fingerprint density at radius 2 is 1.96 bits per heavy atom. The van der Waals surface area contributed by atoms with Gasteiger partial charge in [-0.05, 0) is 23.7 Å². The minimum atomic E-state index is -4.61. The molecule has 0 spiro atoms. The minimum absolute atomic E-state index is 0.0160. The van der Waals surface area contributed by atoms with E-state index in [1.165, 1.54) is 11.0 Å². The van der Waals surface area contributed by atoms with E-state index in [0.717, 1.165) is 12.3 Å². The molecule has 6 nitrogen and oxygen atoms in total. The van der Waals surface area contributed by atoms with Crippen molar-refractivity contribution in [3.8, 4) is 0 Å². The molecule has 134 valence electrons. The Morgan fingerprint density at radius 1 is 1.20 bits per heavy atom. The molecule has 2 aromatic heterocycles. The van der Waals surface area contributed by atoms with Crippen molar-refractivity contribution in [3.63, 3.8) is 0 Å². The Hall–Kier alpha value is -2.30. The van der Waals surface area contributed by atoms with Gasteiger partial charge in [0.25, 0.3) is 5.92 Å². The highest BCUT2D eigenvalue weighted by atomic mass is 35.5. The van der Waals surface area contributed by atoms with Crippen molar-refractivity contribution in [2.24, 2.45) is 0 Å². The zero-order chi connectivity index (χ0) is 18.2. The number of hydrogen-bond donors (Lipinski definition) is 1. The van der Waals surface area contributed by atoms with Crippen molar-refractivity contribution in [3.05, 3.63) is 29.3 Å². The van der Waals surface area contributed by atoms with Crippen molar-refractivity contribution in [1.29, 1.82) is 0 Å². The third kappa shape index (κ3) is 4.21. The van der Waals surface area contributed by atoms with E-state index in [2.05, 4.69) is 25.3 Å². The van der Waals surface area contributed by atoms with Crippen molar-refractivity contribution in [2.75, 3.05) is 23.3 Å². The van der Waals surface area contributed by atoms with E-state index in [4.69, 9.17) is 11.6 Å². The summed E-state index contributed by atoms with van der Waals surface area (Å²) in [5.74, 6) is -3.10. The molecule has 1 aliphatic rings. The average molecular weight is 381 g/mol. The van der Waals surface area contributed by atoms with E-state index >= 15 is 0 Å². The fourth-order valence-electron chi connectivity index (χ4n) is 2.24. The number of rotatable bonds is 3. The van der Waals surface area contributed by atoms with Crippen molar-refractivity contribution in [1.82, 2.24) is 19.9 Å². The second-order valence-electron chi connectivity index (χ2n) is 5.31. The number of alkyl halides is 5. The standard InChI is InChI=1S/C13H10ClF5N6/c14-9-22-10(21-7-1-3-20-8(5-7)13(17,18)19)24-11(23-9)25-4-2-12(15,16)6-25/h1,3,5H,2,4,6H2,(H,20,21,22,23,24). The van der Waals surface area contributed by atoms with Gasteiger partial charge in [0.15, 0.2) is 0 Å². The molecule has 25 heavy (non-hydrogen) atoms. The molecule has 0 unspecified atom stereocenters. The molecule has 0 saturated carbocycles. The van der Waals surface area contributed by atoms with Crippen LogP contribution < -0.4 is 10.2 Å². The molecule has 12 heteroatoms. The summed E-state index contributed by atoms with van der Waals surface area (Å²) in [6.07, 6.45) is -3.99. The number of pyridine rings is 1. The molecule has 0 amide bonds. The summed E-state index contributed by atoms with van der Waals surface area (Å²) in [5.41, 5.74) is -1.08. The molecule has 1 N–H and O–H groups in total. The van der Waals surface area contributed by atoms with Gasteiger partial charge in [0, 0.05) is 24.8 Å². The first-order valence-electron chi connectivity index (χ1n) is 6.97. The second kappa shape index (κ2) is 6.21. The summed E-state index contributed by atoms with van der Waals surface area (Å²) in [6, 6.07) is 2.04. The monoisotopic (exact) mass is 380 g/mol. The lowest BCUT2D eigenvalue weighted by Crippen LogP contribution is -2.26. The molecule has 2 aromatic rings. The zero-order valence-corrected chi connectivity index (χ0v) is 13.1. The van der Waals surface area contributed by atoms with E-state index in [9.17, 15) is 22.0 Å². The van der Waals surface area contributed by atoms with Gasteiger partial charge in [-0.25, -0.2) is 8.78 Å². The summed E-state index contributed by atoms with van der Waals surface area (Å²) in [6.45, 7) is -0.541. The van der Waals surface area contributed by atoms with Crippen LogP contribution in [0.1, 0.15) is 12.1 Å². The van der Waals surface area contributed by atoms with Gasteiger partial charge in [-0.15, -0.1) is 0 Å². The Kier molecular flexibility index (Phi) is 4.35. The van der Waals surface area contributed by atoms with Crippen LogP contribution in [0, 0.1) is 0 Å². The van der Waals surface area contributed by atoms with E-state index in [1.807, 2.05) is 0 Å². The summed E-state index contributed by atoms with van der Waals surface area (Å²) >= 11 is 5.76. The van der Waals surface area contributed by atoms with Gasteiger partial charge >= 0.3 is 6.18 Å². The van der Waals surface area contributed by atoms with Crippen LogP contribution in [0.25, 0.3) is 0 Å². The van der Waals surface area contributed by atoms with Crippen LogP contribution in [0.3, 0.4) is 0 Å². The Morgan fingerprint density at radius 3 is 2.60 bits per heavy atom. The summed E-state index contributed by atoms with van der Waals surface area (Å²) in [4.78, 5) is 15.9. The lowest BCUT2D eigenvalue weighted by molar-refractivity contribution is -0.141. The number of aromatic nitrogens is 4. The van der Waals surface area contributed by atoms with Crippen LogP contribution >= 0.6 is 11.6 Å². The summed E-state index contributed by atoms with van der Waals surface area (Å²) in [7, 11) is 0. The van der Waals surface area contributed by atoms with Gasteiger partial charge < -0.3 is 10.2 Å². The van der Waals surface area contributed by atoms with Gasteiger partial charge in [-0.1, -0.05) is 0 Å². The maximum atomic E-state index is 13.3. The molecule has 0 aromatic carbocycles. The lowest BCUT2D eigenvalue weighted by Gasteiger charge is -2.16. The third-order valence-corrected chi connectivity index (χ3v) is 3.52. The molecule has 0 radical (unpaired) electrons. The molecule has 0 aliphatic carbocycles. The number of nitrogens with zero attached hydrogens (tertiary/aromatic N) is 5. The van der Waals surface area contributed by atoms with E-state index < -0.39 is 24.3 Å². The van der Waals surface area contributed by atoms with Crippen LogP contribution in [-0.4, -0.2) is 38.9 Å². The topological polar surface area (TPSA) is 66.8 Å². The molecular formula is C13H10ClF5N6. The molecule has 1 aliphatic heterocycles. The minimum Gasteiger partial charge on any atom is -0.334 e. The predicted octanol–water partition coefficient (Wildman–Crippen LogP) is 3.53. The molecule has 0 atom stereocenters. The molecule has 1 saturated heterocycles. The highest BCUT2D eigenvalue weighted by Crippen LogP contribution is 2.31. The SMILES string of the molecule is FC1(F)CCN(c2nc(Cl)nc(Nc3ccnc(C(F)(F)F)c3)n2)C1. The van der Waals surface area contributed by atoms with Gasteiger partial charge in [0.2, 0.25) is 17.2 Å². The van der Waals surface area contributed by atoms with E-state index in [-0.39, 0.29) is 35.8 Å². The lowest BCUT2D eigenvalue weighted by atomic mass is 10.3. The summed E-state index contributed by atoms with van der Waals surface area (Å²) in [5, 5.41) is 2.27. The number of nitrogens with one attached hydrogen (secondary N) is 1. The molecule has 1 fully saturated rings. The summed E-state index contributed by atoms with van der Waals surface area (Å²) < 4.78 is 64.7. The van der Waals surface area contributed by atoms with Gasteiger partial charge in [0.1, 0.15) is 5.69 Å². The molecule has 0 bridgehead atoms. The van der Waals surface area contributed by atoms with Crippen LogP contribution in [0.15, 0.2) is 18.3 Å². The van der Waals surface area contributed by atoms with Gasteiger partial charge in [-0.3, -0.25) is 4.98 Å². The Bertz CT molecular complexity index is 784. The average Bonchev–Trinajstić information content (AvgIpc) is 2.86. The van der Waals surface area contributed by atoms with E-state index in [1.54, 1.807) is 0 Å². The quantitative estimate of drug-likeness (QED) is 0.822. The van der Waals surface area contributed by atoms with Crippen LogP contribution in [0.5, 0.6) is 0 Å². The normalized spacial score (nSPS) is 17.0. The predicted molar refractivity (Wildman–Crippen MR) is 79.1 cm³/mol. The first-order chi connectivity index (χ1) is 11.6. The Labute approximate surface area is 143 Å². The van der Waals surface area contributed by atoms with Crippen LogP contribution in [0.4, 0.5) is 39.5 Å². The molecule has 3 rings (SSSR count). The number of anilines is 3. The fraction of sp³-hybridized carbons (Fsp3) is 0.385. The van der Waals surface area contributed by atoms with Crippen molar-refractivity contribution >= 4 is 29.2 Å². The second-order valence-corrected chi connectivity index (χ2v) is 5.65. The first-order valence-corrected chi connectivity index (χ1v) is 7.35. The molecule has 3 heterocycles. The number of halogens is 6. The Balaban J connectivity index is 1.84. The maximum Gasteiger partial charge on any atom is 0.433 e. The van der Waals surface area contributed by atoms with Crippen molar-refractivity contribution < 1.29 is 22.0 Å². The van der Waals surface area contributed by atoms with Crippen LogP contribution in [0.2, 0.25) is 5.28 Å². The first kappa shape index (κ1) is 17.5. The van der Waals surface area contributed by atoms with Gasteiger partial charge in [0.05, 0.1) is 6.54 Å². The smallest absolute Gasteiger partial charge is 0.334 e. The van der Waals surface area contributed by atoms with Gasteiger partial charge in [-0.2, -0.15) is 28.1 Å². The maximum absolute atomic E-state index is 13.3.